The maximum Gasteiger partial charge on any atom is 0.293 e. The third kappa shape index (κ3) is 3.65. The van der Waals surface area contributed by atoms with Crippen molar-refractivity contribution in [3.8, 4) is 0 Å². The third-order valence-corrected chi connectivity index (χ3v) is 5.34. The van der Waals surface area contributed by atoms with Gasteiger partial charge in [-0.15, -0.1) is 10.2 Å². The van der Waals surface area contributed by atoms with Crippen LogP contribution in [0.4, 0.5) is 11.4 Å². The van der Waals surface area contributed by atoms with Crippen LogP contribution in [0.2, 0.25) is 0 Å². The Kier molecular flexibility index (Phi) is 4.76. The zero-order valence-electron chi connectivity index (χ0n) is 14.3. The number of hydrogen-bond acceptors (Lipinski definition) is 6. The normalized spacial score (nSPS) is 13.7. The van der Waals surface area contributed by atoms with Crippen molar-refractivity contribution in [3.05, 3.63) is 39.2 Å². The molecule has 9 heteroatoms. The van der Waals surface area contributed by atoms with Gasteiger partial charge in [0.25, 0.3) is 5.69 Å². The molecule has 0 atom stereocenters. The van der Waals surface area contributed by atoms with Gasteiger partial charge in [0.15, 0.2) is 5.16 Å². The molecular formula is C16H19N5O3S. The van der Waals surface area contributed by atoms with Crippen molar-refractivity contribution < 1.29 is 9.72 Å². The molecule has 2 aromatic rings. The van der Waals surface area contributed by atoms with Gasteiger partial charge in [-0.05, 0) is 37.8 Å². The molecule has 0 aliphatic heterocycles. The van der Waals surface area contributed by atoms with Gasteiger partial charge in [-0.3, -0.25) is 14.9 Å². The first kappa shape index (κ1) is 17.4. The number of carbonyl (C=O) groups is 1. The molecule has 132 valence electrons. The molecule has 0 unspecified atom stereocenters. The first-order valence-corrected chi connectivity index (χ1v) is 8.93. The summed E-state index contributed by atoms with van der Waals surface area (Å²) < 4.78 is 1.91. The highest BCUT2D eigenvalue weighted by atomic mass is 32.2. The lowest BCUT2D eigenvalue weighted by Gasteiger charge is -2.11. The molecule has 1 N–H and O–H groups in total. The summed E-state index contributed by atoms with van der Waals surface area (Å²) in [5, 5.41) is 22.8. The fraction of sp³-hybridized carbons (Fsp3) is 0.438. The lowest BCUT2D eigenvalue weighted by Crippen LogP contribution is -2.17. The minimum Gasteiger partial charge on any atom is -0.319 e. The molecule has 1 fully saturated rings. The number of amides is 1. The number of rotatable bonds is 6. The molecule has 1 saturated carbocycles. The molecular weight excluding hydrogens is 342 g/mol. The van der Waals surface area contributed by atoms with E-state index in [2.05, 4.69) is 15.5 Å². The van der Waals surface area contributed by atoms with Gasteiger partial charge in [0.05, 0.1) is 10.7 Å². The third-order valence-electron chi connectivity index (χ3n) is 4.32. The Morgan fingerprint density at radius 3 is 2.76 bits per heavy atom. The number of thioether (sulfide) groups is 1. The van der Waals surface area contributed by atoms with E-state index in [1.54, 1.807) is 13.0 Å². The standard InChI is InChI=1S/C16H19N5O3S/c1-9-4-7-12(21(23)24)14(10(9)2)17-13(22)8-25-16-19-18-15(20(16)3)11-5-6-11/h4,7,11H,5-6,8H2,1-3H3,(H,17,22). The number of nitro groups is 1. The van der Waals surface area contributed by atoms with Gasteiger partial charge >= 0.3 is 0 Å². The molecule has 0 radical (unpaired) electrons. The molecule has 1 heterocycles. The van der Waals surface area contributed by atoms with Gasteiger partial charge in [0.1, 0.15) is 11.5 Å². The Morgan fingerprint density at radius 1 is 1.40 bits per heavy atom. The van der Waals surface area contributed by atoms with E-state index in [4.69, 9.17) is 0 Å². The van der Waals surface area contributed by atoms with Crippen molar-refractivity contribution in [1.29, 1.82) is 0 Å². The van der Waals surface area contributed by atoms with Crippen LogP contribution in [0, 0.1) is 24.0 Å². The van der Waals surface area contributed by atoms with Crippen LogP contribution >= 0.6 is 11.8 Å². The van der Waals surface area contributed by atoms with Crippen LogP contribution in [0.25, 0.3) is 0 Å². The Hall–Kier alpha value is -2.42. The quantitative estimate of drug-likeness (QED) is 0.482. The maximum atomic E-state index is 12.3. The number of benzene rings is 1. The van der Waals surface area contributed by atoms with Gasteiger partial charge in [-0.1, -0.05) is 17.8 Å². The molecule has 1 aliphatic rings. The second kappa shape index (κ2) is 6.83. The fourth-order valence-electron chi connectivity index (χ4n) is 2.57. The summed E-state index contributed by atoms with van der Waals surface area (Å²) in [5.41, 5.74) is 1.74. The Bertz CT molecular complexity index is 845. The molecule has 1 aromatic carbocycles. The predicted molar refractivity (Wildman–Crippen MR) is 94.9 cm³/mol. The first-order chi connectivity index (χ1) is 11.9. The number of carbonyl (C=O) groups excluding carboxylic acids is 1. The smallest absolute Gasteiger partial charge is 0.293 e. The summed E-state index contributed by atoms with van der Waals surface area (Å²) in [5.74, 6) is 1.24. The minimum atomic E-state index is -0.486. The lowest BCUT2D eigenvalue weighted by atomic mass is 10.1. The van der Waals surface area contributed by atoms with Crippen molar-refractivity contribution in [2.45, 2.75) is 37.8 Å². The number of nitrogens with one attached hydrogen (secondary N) is 1. The summed E-state index contributed by atoms with van der Waals surface area (Å²) in [6, 6.07) is 3.09. The van der Waals surface area contributed by atoms with Crippen LogP contribution in [-0.2, 0) is 11.8 Å². The monoisotopic (exact) mass is 361 g/mol. The Morgan fingerprint density at radius 2 is 2.12 bits per heavy atom. The first-order valence-electron chi connectivity index (χ1n) is 7.95. The van der Waals surface area contributed by atoms with Crippen molar-refractivity contribution in [1.82, 2.24) is 14.8 Å². The second-order valence-electron chi connectivity index (χ2n) is 6.17. The van der Waals surface area contributed by atoms with Crippen molar-refractivity contribution in [2.75, 3.05) is 11.1 Å². The summed E-state index contributed by atoms with van der Waals surface area (Å²) in [4.78, 5) is 23.0. The second-order valence-corrected chi connectivity index (χ2v) is 7.11. The van der Waals surface area contributed by atoms with Crippen LogP contribution in [0.3, 0.4) is 0 Å². The van der Waals surface area contributed by atoms with Gasteiger partial charge in [-0.25, -0.2) is 0 Å². The number of anilines is 1. The van der Waals surface area contributed by atoms with E-state index >= 15 is 0 Å². The van der Waals surface area contributed by atoms with E-state index < -0.39 is 4.92 Å². The number of nitrogens with zero attached hydrogens (tertiary/aromatic N) is 4. The number of aryl methyl sites for hydroxylation is 1. The SMILES string of the molecule is Cc1ccc([N+](=O)[O-])c(NC(=O)CSc2nnc(C3CC3)n2C)c1C. The van der Waals surface area contributed by atoms with Gasteiger partial charge < -0.3 is 9.88 Å². The van der Waals surface area contributed by atoms with Crippen LogP contribution in [0.5, 0.6) is 0 Å². The minimum absolute atomic E-state index is 0.101. The summed E-state index contributed by atoms with van der Waals surface area (Å²) >= 11 is 1.27. The van der Waals surface area contributed by atoms with Crippen LogP contribution in [-0.4, -0.2) is 31.3 Å². The molecule has 3 rings (SSSR count). The molecule has 0 spiro atoms. The average molecular weight is 361 g/mol. The highest BCUT2D eigenvalue weighted by Crippen LogP contribution is 2.39. The highest BCUT2D eigenvalue weighted by Gasteiger charge is 2.29. The van der Waals surface area contributed by atoms with Crippen molar-refractivity contribution in [2.24, 2.45) is 7.05 Å². The number of aromatic nitrogens is 3. The van der Waals surface area contributed by atoms with Gasteiger partial charge in [-0.2, -0.15) is 0 Å². The highest BCUT2D eigenvalue weighted by molar-refractivity contribution is 7.99. The van der Waals surface area contributed by atoms with E-state index in [-0.39, 0.29) is 23.0 Å². The summed E-state index contributed by atoms with van der Waals surface area (Å²) in [6.45, 7) is 3.61. The van der Waals surface area contributed by atoms with E-state index in [1.165, 1.54) is 17.8 Å². The van der Waals surface area contributed by atoms with E-state index in [0.29, 0.717) is 16.6 Å². The topological polar surface area (TPSA) is 103 Å². The van der Waals surface area contributed by atoms with Crippen LogP contribution < -0.4 is 5.32 Å². The van der Waals surface area contributed by atoms with Crippen molar-refractivity contribution >= 4 is 29.0 Å². The fourth-order valence-corrected chi connectivity index (χ4v) is 3.28. The molecule has 1 amide bonds. The molecule has 8 nitrogen and oxygen atoms in total. The number of nitro benzene ring substituents is 1. The van der Waals surface area contributed by atoms with E-state index in [0.717, 1.165) is 24.2 Å². The summed E-state index contributed by atoms with van der Waals surface area (Å²) in [7, 11) is 1.89. The predicted octanol–water partition coefficient (Wildman–Crippen LogP) is 2.95. The lowest BCUT2D eigenvalue weighted by molar-refractivity contribution is -0.384. The summed E-state index contributed by atoms with van der Waals surface area (Å²) in [6.07, 6.45) is 2.26. The maximum absolute atomic E-state index is 12.3. The molecule has 0 saturated heterocycles. The Labute approximate surface area is 149 Å². The van der Waals surface area contributed by atoms with Crippen LogP contribution in [0.15, 0.2) is 17.3 Å². The van der Waals surface area contributed by atoms with E-state index in [1.807, 2.05) is 18.5 Å². The molecule has 1 aromatic heterocycles. The van der Waals surface area contributed by atoms with Crippen molar-refractivity contribution in [3.63, 3.8) is 0 Å². The Balaban J connectivity index is 1.69. The van der Waals surface area contributed by atoms with Gasteiger partial charge in [0.2, 0.25) is 5.91 Å². The van der Waals surface area contributed by atoms with E-state index in [9.17, 15) is 14.9 Å². The molecule has 1 aliphatic carbocycles. The van der Waals surface area contributed by atoms with Gasteiger partial charge in [0, 0.05) is 19.0 Å². The zero-order valence-corrected chi connectivity index (χ0v) is 15.1. The molecule has 25 heavy (non-hydrogen) atoms. The number of hydrogen-bond donors (Lipinski definition) is 1. The zero-order chi connectivity index (χ0) is 18.1. The largest absolute Gasteiger partial charge is 0.319 e. The molecule has 0 bridgehead atoms. The average Bonchev–Trinajstić information content (AvgIpc) is 3.33. The van der Waals surface area contributed by atoms with Crippen LogP contribution in [0.1, 0.15) is 35.7 Å².